The van der Waals surface area contributed by atoms with Gasteiger partial charge in [0.25, 0.3) is 0 Å². The van der Waals surface area contributed by atoms with E-state index in [9.17, 15) is 4.79 Å². The predicted octanol–water partition coefficient (Wildman–Crippen LogP) is 0.879. The van der Waals surface area contributed by atoms with E-state index in [-0.39, 0.29) is 5.78 Å². The number of aliphatic hydroxyl groups excluding tert-OH is 1. The molecule has 4 nitrogen and oxygen atoms in total. The summed E-state index contributed by atoms with van der Waals surface area (Å²) in [4.78, 5) is 16.3. The van der Waals surface area contributed by atoms with Gasteiger partial charge in [-0.15, -0.1) is 11.3 Å². The normalized spacial score (nSPS) is 10.9. The summed E-state index contributed by atoms with van der Waals surface area (Å²) >= 11 is 1.47. The van der Waals surface area contributed by atoms with Crippen molar-refractivity contribution in [3.63, 3.8) is 0 Å². The third-order valence-corrected chi connectivity index (χ3v) is 2.60. The van der Waals surface area contributed by atoms with Crippen LogP contribution in [0.5, 0.6) is 0 Å². The molecule has 1 N–H and O–H groups in total. The molecule has 0 saturated carbocycles. The molecule has 0 aliphatic heterocycles. The highest BCUT2D eigenvalue weighted by Crippen LogP contribution is 2.16. The quantitative estimate of drug-likeness (QED) is 0.725. The Bertz CT molecular complexity index is 458. The molecule has 2 rings (SSSR count). The van der Waals surface area contributed by atoms with Gasteiger partial charge in [-0.05, 0) is 6.92 Å². The molecule has 0 fully saturated rings. The maximum atomic E-state index is 11.3. The van der Waals surface area contributed by atoms with Crippen LogP contribution in [0.3, 0.4) is 0 Å². The van der Waals surface area contributed by atoms with Gasteiger partial charge in [0.15, 0.2) is 4.96 Å². The molecule has 0 unspecified atom stereocenters. The summed E-state index contributed by atoms with van der Waals surface area (Å²) in [7, 11) is 0. The number of aryl methyl sites for hydroxylation is 1. The number of carbonyl (C=O) groups excluding carboxylic acids is 1. The first kappa shape index (κ1) is 8.40. The van der Waals surface area contributed by atoms with E-state index in [1.165, 1.54) is 11.3 Å². The average Bonchev–Trinajstić information content (AvgIpc) is 2.62. The van der Waals surface area contributed by atoms with E-state index >= 15 is 0 Å². The van der Waals surface area contributed by atoms with Gasteiger partial charge in [-0.25, -0.2) is 4.98 Å². The number of carbonyl (C=O) groups is 1. The minimum absolute atomic E-state index is 0.289. The number of fused-ring (bicyclic) bond motifs is 1. The Kier molecular flexibility index (Phi) is 1.90. The van der Waals surface area contributed by atoms with Crippen molar-refractivity contribution in [1.29, 1.82) is 0 Å². The van der Waals surface area contributed by atoms with E-state index in [4.69, 9.17) is 5.11 Å². The SMILES string of the molecule is Cc1nc2sccn2c1C(=O)CO. The van der Waals surface area contributed by atoms with E-state index in [2.05, 4.69) is 4.98 Å². The van der Waals surface area contributed by atoms with Gasteiger partial charge in [0.1, 0.15) is 12.3 Å². The number of Topliss-reactive ketones (excluding diaryl/α,β-unsaturated/α-hetero) is 1. The first-order valence-electron chi connectivity index (χ1n) is 3.80. The summed E-state index contributed by atoms with van der Waals surface area (Å²) in [6.07, 6.45) is 1.78. The molecular weight excluding hydrogens is 188 g/mol. The molecule has 0 aliphatic rings. The summed E-state index contributed by atoms with van der Waals surface area (Å²) in [6, 6.07) is 0. The highest BCUT2D eigenvalue weighted by molar-refractivity contribution is 7.15. The van der Waals surface area contributed by atoms with Gasteiger partial charge in [0, 0.05) is 11.6 Å². The van der Waals surface area contributed by atoms with E-state index in [0.717, 1.165) is 4.96 Å². The summed E-state index contributed by atoms with van der Waals surface area (Å²) in [6.45, 7) is 1.30. The second kappa shape index (κ2) is 2.93. The van der Waals surface area contributed by atoms with Gasteiger partial charge in [-0.1, -0.05) is 0 Å². The lowest BCUT2D eigenvalue weighted by molar-refractivity contribution is 0.0897. The molecule has 0 spiro atoms. The first-order chi connectivity index (χ1) is 6.24. The standard InChI is InChI=1S/C8H8N2O2S/c1-5-7(6(12)4-11)10-2-3-13-8(10)9-5/h2-3,11H,4H2,1H3. The van der Waals surface area contributed by atoms with Crippen molar-refractivity contribution in [1.82, 2.24) is 9.38 Å². The maximum absolute atomic E-state index is 11.3. The summed E-state index contributed by atoms with van der Waals surface area (Å²) in [5.41, 5.74) is 1.16. The highest BCUT2D eigenvalue weighted by atomic mass is 32.1. The third-order valence-electron chi connectivity index (χ3n) is 1.84. The maximum Gasteiger partial charge on any atom is 0.206 e. The van der Waals surface area contributed by atoms with Crippen LogP contribution in [0.4, 0.5) is 0 Å². The number of aliphatic hydroxyl groups is 1. The molecule has 2 aromatic rings. The zero-order valence-corrected chi connectivity index (χ0v) is 7.84. The fourth-order valence-corrected chi connectivity index (χ4v) is 2.06. The Balaban J connectivity index is 2.70. The van der Waals surface area contributed by atoms with Gasteiger partial charge in [-0.3, -0.25) is 9.20 Å². The van der Waals surface area contributed by atoms with Crippen molar-refractivity contribution < 1.29 is 9.90 Å². The smallest absolute Gasteiger partial charge is 0.206 e. The van der Waals surface area contributed by atoms with Crippen LogP contribution in [-0.2, 0) is 0 Å². The van der Waals surface area contributed by atoms with Crippen molar-refractivity contribution >= 4 is 22.1 Å². The first-order valence-corrected chi connectivity index (χ1v) is 4.68. The Labute approximate surface area is 78.5 Å². The van der Waals surface area contributed by atoms with Gasteiger partial charge in [0.2, 0.25) is 5.78 Å². The van der Waals surface area contributed by atoms with Crippen molar-refractivity contribution in [3.05, 3.63) is 23.0 Å². The van der Waals surface area contributed by atoms with Gasteiger partial charge in [0.05, 0.1) is 5.69 Å². The Morgan fingerprint density at radius 3 is 3.23 bits per heavy atom. The molecule has 0 saturated heterocycles. The highest BCUT2D eigenvalue weighted by Gasteiger charge is 2.15. The molecule has 2 heterocycles. The van der Waals surface area contributed by atoms with E-state index in [1.54, 1.807) is 17.5 Å². The number of imidazole rings is 1. The summed E-state index contributed by atoms with van der Waals surface area (Å²) in [5, 5.41) is 10.6. The molecule has 68 valence electrons. The number of thiazole rings is 1. The molecule has 0 amide bonds. The second-order valence-corrected chi connectivity index (χ2v) is 3.56. The monoisotopic (exact) mass is 196 g/mol. The van der Waals surface area contributed by atoms with Crippen LogP contribution < -0.4 is 0 Å². The molecule has 0 atom stereocenters. The van der Waals surface area contributed by atoms with Gasteiger partial charge in [-0.2, -0.15) is 0 Å². The second-order valence-electron chi connectivity index (χ2n) is 2.68. The lowest BCUT2D eigenvalue weighted by Gasteiger charge is -1.95. The molecule has 0 bridgehead atoms. The molecule has 0 aliphatic carbocycles. The Morgan fingerprint density at radius 2 is 2.54 bits per heavy atom. The molecule has 5 heteroatoms. The fourth-order valence-electron chi connectivity index (χ4n) is 1.30. The number of rotatable bonds is 2. The molecule has 2 aromatic heterocycles. The predicted molar refractivity (Wildman–Crippen MR) is 49.2 cm³/mol. The van der Waals surface area contributed by atoms with Crippen molar-refractivity contribution in [3.8, 4) is 0 Å². The van der Waals surface area contributed by atoms with E-state index in [1.807, 2.05) is 5.38 Å². The van der Waals surface area contributed by atoms with Crippen LogP contribution in [0.25, 0.3) is 4.96 Å². The lowest BCUT2D eigenvalue weighted by Crippen LogP contribution is -2.08. The van der Waals surface area contributed by atoms with Crippen LogP contribution >= 0.6 is 11.3 Å². The molecule has 0 radical (unpaired) electrons. The molecule has 0 aromatic carbocycles. The minimum atomic E-state index is -0.468. The van der Waals surface area contributed by atoms with Crippen molar-refractivity contribution in [2.24, 2.45) is 0 Å². The average molecular weight is 196 g/mol. The topological polar surface area (TPSA) is 54.6 Å². The third kappa shape index (κ3) is 1.16. The number of hydrogen-bond acceptors (Lipinski definition) is 4. The van der Waals surface area contributed by atoms with Crippen LogP contribution in [0.15, 0.2) is 11.6 Å². The van der Waals surface area contributed by atoms with Crippen LogP contribution in [0, 0.1) is 6.92 Å². The number of nitrogens with zero attached hydrogens (tertiary/aromatic N) is 2. The zero-order chi connectivity index (χ0) is 9.42. The molecule has 13 heavy (non-hydrogen) atoms. The fraction of sp³-hybridized carbons (Fsp3) is 0.250. The van der Waals surface area contributed by atoms with Crippen LogP contribution in [0.2, 0.25) is 0 Å². The number of ketones is 1. The Morgan fingerprint density at radius 1 is 1.77 bits per heavy atom. The van der Waals surface area contributed by atoms with E-state index in [0.29, 0.717) is 11.4 Å². The Hall–Kier alpha value is -1.20. The lowest BCUT2D eigenvalue weighted by atomic mass is 10.2. The van der Waals surface area contributed by atoms with E-state index < -0.39 is 6.61 Å². The minimum Gasteiger partial charge on any atom is -0.388 e. The zero-order valence-electron chi connectivity index (χ0n) is 7.02. The van der Waals surface area contributed by atoms with Crippen LogP contribution in [-0.4, -0.2) is 26.9 Å². The summed E-state index contributed by atoms with van der Waals surface area (Å²) in [5.74, 6) is -0.289. The number of aromatic nitrogens is 2. The summed E-state index contributed by atoms with van der Waals surface area (Å²) < 4.78 is 1.71. The molecular formula is C8H8N2O2S. The van der Waals surface area contributed by atoms with Crippen molar-refractivity contribution in [2.45, 2.75) is 6.92 Å². The number of hydrogen-bond donors (Lipinski definition) is 1. The van der Waals surface area contributed by atoms with Gasteiger partial charge >= 0.3 is 0 Å². The van der Waals surface area contributed by atoms with Crippen molar-refractivity contribution in [2.75, 3.05) is 6.61 Å². The largest absolute Gasteiger partial charge is 0.388 e. The van der Waals surface area contributed by atoms with Gasteiger partial charge < -0.3 is 5.11 Å². The van der Waals surface area contributed by atoms with Crippen LogP contribution in [0.1, 0.15) is 16.2 Å².